The predicted octanol–water partition coefficient (Wildman–Crippen LogP) is 2.79. The standard InChI is InChI=1S/C11H13FO2/c1-8(6-7-11(13)14)9-4-2-3-5-10(9)12/h2-5,8H,6-7H2,1H3,(H,13,14). The molecule has 1 aromatic carbocycles. The van der Waals surface area contributed by atoms with Crippen molar-refractivity contribution in [2.45, 2.75) is 25.7 Å². The molecule has 0 aliphatic rings. The van der Waals surface area contributed by atoms with Crippen LogP contribution in [-0.4, -0.2) is 11.1 Å². The molecule has 2 nitrogen and oxygen atoms in total. The van der Waals surface area contributed by atoms with Crippen LogP contribution >= 0.6 is 0 Å². The van der Waals surface area contributed by atoms with Gasteiger partial charge in [0.05, 0.1) is 0 Å². The number of aliphatic carboxylic acids is 1. The van der Waals surface area contributed by atoms with Crippen molar-refractivity contribution in [2.24, 2.45) is 0 Å². The van der Waals surface area contributed by atoms with Gasteiger partial charge in [-0.1, -0.05) is 25.1 Å². The highest BCUT2D eigenvalue weighted by Crippen LogP contribution is 2.22. The molecule has 0 heterocycles. The van der Waals surface area contributed by atoms with Crippen molar-refractivity contribution in [3.8, 4) is 0 Å². The largest absolute Gasteiger partial charge is 0.481 e. The average molecular weight is 196 g/mol. The molecule has 1 N–H and O–H groups in total. The van der Waals surface area contributed by atoms with Gasteiger partial charge in [0.2, 0.25) is 0 Å². The summed E-state index contributed by atoms with van der Waals surface area (Å²) in [5, 5.41) is 8.48. The molecule has 1 aromatic rings. The predicted molar refractivity (Wildman–Crippen MR) is 51.7 cm³/mol. The van der Waals surface area contributed by atoms with Crippen LogP contribution in [0.1, 0.15) is 31.2 Å². The van der Waals surface area contributed by atoms with E-state index in [0.29, 0.717) is 12.0 Å². The minimum absolute atomic E-state index is 0.0488. The van der Waals surface area contributed by atoms with Crippen LogP contribution in [0.2, 0.25) is 0 Å². The molecule has 0 aromatic heterocycles. The first-order valence-electron chi connectivity index (χ1n) is 4.57. The van der Waals surface area contributed by atoms with E-state index in [1.165, 1.54) is 6.07 Å². The summed E-state index contributed by atoms with van der Waals surface area (Å²) in [6.07, 6.45) is 0.547. The molecule has 1 rings (SSSR count). The topological polar surface area (TPSA) is 37.3 Å². The molecule has 0 aliphatic carbocycles. The van der Waals surface area contributed by atoms with E-state index >= 15 is 0 Å². The molecule has 14 heavy (non-hydrogen) atoms. The Morgan fingerprint density at radius 1 is 1.50 bits per heavy atom. The summed E-state index contributed by atoms with van der Waals surface area (Å²) in [6, 6.07) is 6.48. The Balaban J connectivity index is 2.65. The molecular weight excluding hydrogens is 183 g/mol. The van der Waals surface area contributed by atoms with Gasteiger partial charge in [-0.2, -0.15) is 0 Å². The second-order valence-corrected chi connectivity index (χ2v) is 3.35. The molecular formula is C11H13FO2. The van der Waals surface area contributed by atoms with Gasteiger partial charge in [0.1, 0.15) is 5.82 Å². The number of hydrogen-bond donors (Lipinski definition) is 1. The summed E-state index contributed by atoms with van der Waals surface area (Å²) in [6.45, 7) is 1.83. The van der Waals surface area contributed by atoms with Crippen LogP contribution in [0.3, 0.4) is 0 Å². The smallest absolute Gasteiger partial charge is 0.303 e. The number of halogens is 1. The van der Waals surface area contributed by atoms with Crippen LogP contribution in [-0.2, 0) is 4.79 Å². The number of carboxylic acids is 1. The van der Waals surface area contributed by atoms with Crippen LogP contribution in [0.5, 0.6) is 0 Å². The van der Waals surface area contributed by atoms with Gasteiger partial charge in [0.15, 0.2) is 0 Å². The number of hydrogen-bond acceptors (Lipinski definition) is 1. The second kappa shape index (κ2) is 4.74. The number of benzene rings is 1. The maximum absolute atomic E-state index is 13.2. The van der Waals surface area contributed by atoms with Crippen molar-refractivity contribution in [1.29, 1.82) is 0 Å². The summed E-state index contributed by atoms with van der Waals surface area (Å²) in [5.41, 5.74) is 0.591. The molecule has 0 aliphatic heterocycles. The zero-order valence-electron chi connectivity index (χ0n) is 8.03. The number of carboxylic acid groups (broad SMARTS) is 1. The van der Waals surface area contributed by atoms with Crippen LogP contribution in [0, 0.1) is 5.82 Å². The maximum Gasteiger partial charge on any atom is 0.303 e. The fraction of sp³-hybridized carbons (Fsp3) is 0.364. The van der Waals surface area contributed by atoms with Crippen LogP contribution in [0.4, 0.5) is 4.39 Å². The lowest BCUT2D eigenvalue weighted by molar-refractivity contribution is -0.137. The van der Waals surface area contributed by atoms with Crippen molar-refractivity contribution in [2.75, 3.05) is 0 Å². The maximum atomic E-state index is 13.2. The molecule has 0 bridgehead atoms. The highest BCUT2D eigenvalue weighted by molar-refractivity contribution is 5.66. The average Bonchev–Trinajstić information content (AvgIpc) is 2.15. The van der Waals surface area contributed by atoms with Gasteiger partial charge in [0.25, 0.3) is 0 Å². The highest BCUT2D eigenvalue weighted by Gasteiger charge is 2.11. The molecule has 0 spiro atoms. The van der Waals surface area contributed by atoms with E-state index in [0.717, 1.165) is 0 Å². The van der Waals surface area contributed by atoms with Crippen LogP contribution < -0.4 is 0 Å². The van der Waals surface area contributed by atoms with Gasteiger partial charge >= 0.3 is 5.97 Å². The first kappa shape index (κ1) is 10.7. The molecule has 0 saturated heterocycles. The highest BCUT2D eigenvalue weighted by atomic mass is 19.1. The fourth-order valence-corrected chi connectivity index (χ4v) is 1.37. The lowest BCUT2D eigenvalue weighted by Crippen LogP contribution is -2.01. The van der Waals surface area contributed by atoms with Gasteiger partial charge in [-0.25, -0.2) is 4.39 Å². The Morgan fingerprint density at radius 3 is 2.71 bits per heavy atom. The Morgan fingerprint density at radius 2 is 2.14 bits per heavy atom. The van der Waals surface area contributed by atoms with Crippen molar-refractivity contribution < 1.29 is 14.3 Å². The quantitative estimate of drug-likeness (QED) is 0.803. The van der Waals surface area contributed by atoms with Crippen molar-refractivity contribution in [3.05, 3.63) is 35.6 Å². The minimum atomic E-state index is -0.840. The summed E-state index contributed by atoms with van der Waals surface area (Å²) in [5.74, 6) is -1.15. The molecule has 0 radical (unpaired) electrons. The summed E-state index contributed by atoms with van der Waals surface area (Å²) >= 11 is 0. The molecule has 0 fully saturated rings. The van der Waals surface area contributed by atoms with Crippen LogP contribution in [0.25, 0.3) is 0 Å². The minimum Gasteiger partial charge on any atom is -0.481 e. The molecule has 0 amide bonds. The Hall–Kier alpha value is -1.38. The van der Waals surface area contributed by atoms with Gasteiger partial charge < -0.3 is 5.11 Å². The third-order valence-corrected chi connectivity index (χ3v) is 2.23. The van der Waals surface area contributed by atoms with E-state index in [-0.39, 0.29) is 18.2 Å². The monoisotopic (exact) mass is 196 g/mol. The van der Waals surface area contributed by atoms with Gasteiger partial charge in [0, 0.05) is 6.42 Å². The third-order valence-electron chi connectivity index (χ3n) is 2.23. The molecule has 1 unspecified atom stereocenters. The van der Waals surface area contributed by atoms with Gasteiger partial charge in [-0.15, -0.1) is 0 Å². The number of carbonyl (C=O) groups is 1. The van der Waals surface area contributed by atoms with Crippen molar-refractivity contribution >= 4 is 5.97 Å². The van der Waals surface area contributed by atoms with E-state index in [9.17, 15) is 9.18 Å². The van der Waals surface area contributed by atoms with Gasteiger partial charge in [-0.3, -0.25) is 4.79 Å². The van der Waals surface area contributed by atoms with E-state index in [1.807, 2.05) is 6.92 Å². The van der Waals surface area contributed by atoms with E-state index in [4.69, 9.17) is 5.11 Å². The Labute approximate surface area is 82.4 Å². The van der Waals surface area contributed by atoms with Crippen LogP contribution in [0.15, 0.2) is 24.3 Å². The number of rotatable bonds is 4. The van der Waals surface area contributed by atoms with E-state index < -0.39 is 5.97 Å². The molecule has 0 saturated carbocycles. The first-order valence-corrected chi connectivity index (χ1v) is 4.57. The van der Waals surface area contributed by atoms with Crippen molar-refractivity contribution in [1.82, 2.24) is 0 Å². The fourth-order valence-electron chi connectivity index (χ4n) is 1.37. The summed E-state index contributed by atoms with van der Waals surface area (Å²) in [4.78, 5) is 10.3. The Kier molecular flexibility index (Phi) is 3.63. The van der Waals surface area contributed by atoms with Crippen molar-refractivity contribution in [3.63, 3.8) is 0 Å². The zero-order valence-corrected chi connectivity index (χ0v) is 8.03. The third kappa shape index (κ3) is 2.83. The Bertz CT molecular complexity index is 323. The normalized spacial score (nSPS) is 12.4. The van der Waals surface area contributed by atoms with Gasteiger partial charge in [-0.05, 0) is 24.0 Å². The summed E-state index contributed by atoms with van der Waals surface area (Å²) in [7, 11) is 0. The van der Waals surface area contributed by atoms with E-state index in [1.54, 1.807) is 18.2 Å². The zero-order chi connectivity index (χ0) is 10.6. The second-order valence-electron chi connectivity index (χ2n) is 3.35. The molecule has 3 heteroatoms. The lowest BCUT2D eigenvalue weighted by Gasteiger charge is -2.10. The first-order chi connectivity index (χ1) is 6.61. The molecule has 76 valence electrons. The van der Waals surface area contributed by atoms with E-state index in [2.05, 4.69) is 0 Å². The lowest BCUT2D eigenvalue weighted by atomic mass is 9.96. The SMILES string of the molecule is CC(CCC(=O)O)c1ccccc1F. The summed E-state index contributed by atoms with van der Waals surface area (Å²) < 4.78 is 13.2. The molecule has 1 atom stereocenters.